The number of H-pyrrole nitrogens is 1. The Bertz CT molecular complexity index is 587. The minimum absolute atomic E-state index is 0.436. The molecule has 0 amide bonds. The van der Waals surface area contributed by atoms with E-state index in [9.17, 15) is 0 Å². The minimum atomic E-state index is 0.436. The third-order valence-corrected chi connectivity index (χ3v) is 4.49. The number of aryl methyl sites for hydroxylation is 1. The Morgan fingerprint density at radius 3 is 3.05 bits per heavy atom. The Morgan fingerprint density at radius 1 is 1.45 bits per heavy atom. The van der Waals surface area contributed by atoms with E-state index < -0.39 is 0 Å². The number of hydrogen-bond acceptors (Lipinski definition) is 2. The second kappa shape index (κ2) is 5.57. The molecule has 1 aliphatic rings. The van der Waals surface area contributed by atoms with Crippen LogP contribution in [0, 0.1) is 12.8 Å². The van der Waals surface area contributed by atoms with E-state index in [1.807, 2.05) is 0 Å². The molecule has 1 aliphatic heterocycles. The lowest BCUT2D eigenvalue weighted by atomic mass is 9.98. The van der Waals surface area contributed by atoms with E-state index >= 15 is 0 Å². The predicted octanol–water partition coefficient (Wildman–Crippen LogP) is 4.05. The van der Waals surface area contributed by atoms with Crippen molar-refractivity contribution in [1.82, 2.24) is 14.9 Å². The van der Waals surface area contributed by atoms with Crippen LogP contribution in [0.4, 0.5) is 0 Å². The van der Waals surface area contributed by atoms with E-state index in [1.165, 1.54) is 37.0 Å². The van der Waals surface area contributed by atoms with Gasteiger partial charge in [-0.3, -0.25) is 4.90 Å². The Balaban J connectivity index is 1.90. The van der Waals surface area contributed by atoms with Crippen molar-refractivity contribution in [3.63, 3.8) is 0 Å². The van der Waals surface area contributed by atoms with E-state index in [0.717, 1.165) is 23.7 Å². The fraction of sp³-hybridized carbons (Fsp3) is 0.588. The molecule has 1 fully saturated rings. The molecule has 2 aromatic rings. The third-order valence-electron chi connectivity index (χ3n) is 4.49. The Labute approximate surface area is 121 Å². The van der Waals surface area contributed by atoms with Gasteiger partial charge in [-0.25, -0.2) is 4.98 Å². The number of benzene rings is 1. The van der Waals surface area contributed by atoms with E-state index in [4.69, 9.17) is 4.98 Å². The molecule has 3 nitrogen and oxygen atoms in total. The summed E-state index contributed by atoms with van der Waals surface area (Å²) in [5, 5.41) is 0. The van der Waals surface area contributed by atoms with Crippen LogP contribution in [0.3, 0.4) is 0 Å². The van der Waals surface area contributed by atoms with Crippen molar-refractivity contribution in [2.75, 3.05) is 13.1 Å². The highest BCUT2D eigenvalue weighted by molar-refractivity contribution is 5.75. The lowest BCUT2D eigenvalue weighted by molar-refractivity contribution is 0.122. The molecule has 2 atom stereocenters. The van der Waals surface area contributed by atoms with E-state index in [-0.39, 0.29) is 0 Å². The first kappa shape index (κ1) is 13.6. The van der Waals surface area contributed by atoms with Gasteiger partial charge in [0.05, 0.1) is 17.1 Å². The molecule has 2 unspecified atom stereocenters. The predicted molar refractivity (Wildman–Crippen MR) is 83.8 cm³/mol. The Kier molecular flexibility index (Phi) is 3.79. The SMILES string of the molecule is CCC(c1nc2ccc(C)cc2[nH]1)N1CCCC(C)C1. The fourth-order valence-corrected chi connectivity index (χ4v) is 3.43. The number of imidazole rings is 1. The normalized spacial score (nSPS) is 22.2. The highest BCUT2D eigenvalue weighted by atomic mass is 15.2. The first-order chi connectivity index (χ1) is 9.67. The molecule has 20 heavy (non-hydrogen) atoms. The number of nitrogens with zero attached hydrogens (tertiary/aromatic N) is 2. The molecule has 3 rings (SSSR count). The van der Waals surface area contributed by atoms with Crippen molar-refractivity contribution in [2.24, 2.45) is 5.92 Å². The average Bonchev–Trinajstić information content (AvgIpc) is 2.82. The highest BCUT2D eigenvalue weighted by Crippen LogP contribution is 2.29. The molecule has 0 saturated carbocycles. The minimum Gasteiger partial charge on any atom is -0.341 e. The molecular weight excluding hydrogens is 246 g/mol. The van der Waals surface area contributed by atoms with Gasteiger partial charge in [-0.2, -0.15) is 0 Å². The van der Waals surface area contributed by atoms with Gasteiger partial charge >= 0.3 is 0 Å². The van der Waals surface area contributed by atoms with Crippen LogP contribution in [-0.2, 0) is 0 Å². The van der Waals surface area contributed by atoms with Gasteiger partial charge in [0.25, 0.3) is 0 Å². The van der Waals surface area contributed by atoms with Gasteiger partial charge in [-0.15, -0.1) is 0 Å². The van der Waals surface area contributed by atoms with Gasteiger partial charge < -0.3 is 4.98 Å². The van der Waals surface area contributed by atoms with Gasteiger partial charge in [-0.1, -0.05) is 19.9 Å². The van der Waals surface area contributed by atoms with Gasteiger partial charge in [0.2, 0.25) is 0 Å². The maximum absolute atomic E-state index is 4.83. The third kappa shape index (κ3) is 2.59. The maximum atomic E-state index is 4.83. The first-order valence-electron chi connectivity index (χ1n) is 7.87. The summed E-state index contributed by atoms with van der Waals surface area (Å²) in [6.07, 6.45) is 3.80. The molecule has 1 saturated heterocycles. The van der Waals surface area contributed by atoms with Crippen LogP contribution < -0.4 is 0 Å². The number of fused-ring (bicyclic) bond motifs is 1. The standard InChI is InChI=1S/C17H25N3/c1-4-16(20-9-5-6-13(3)11-20)17-18-14-8-7-12(2)10-15(14)19-17/h7-8,10,13,16H,4-6,9,11H2,1-3H3,(H,18,19). The van der Waals surface area contributed by atoms with Gasteiger partial charge in [0.15, 0.2) is 0 Å². The van der Waals surface area contributed by atoms with Crippen molar-refractivity contribution < 1.29 is 0 Å². The van der Waals surface area contributed by atoms with Gasteiger partial charge in [0.1, 0.15) is 5.82 Å². The summed E-state index contributed by atoms with van der Waals surface area (Å²) in [7, 11) is 0. The lowest BCUT2D eigenvalue weighted by Crippen LogP contribution is -2.37. The summed E-state index contributed by atoms with van der Waals surface area (Å²) in [6.45, 7) is 9.17. The van der Waals surface area contributed by atoms with Crippen molar-refractivity contribution in [1.29, 1.82) is 0 Å². The van der Waals surface area contributed by atoms with Crippen LogP contribution in [0.1, 0.15) is 50.5 Å². The number of rotatable bonds is 3. The number of hydrogen-bond donors (Lipinski definition) is 1. The van der Waals surface area contributed by atoms with Crippen molar-refractivity contribution in [3.8, 4) is 0 Å². The molecule has 1 aromatic carbocycles. The van der Waals surface area contributed by atoms with Crippen LogP contribution in [-0.4, -0.2) is 28.0 Å². The maximum Gasteiger partial charge on any atom is 0.124 e. The summed E-state index contributed by atoms with van der Waals surface area (Å²) in [4.78, 5) is 11.0. The van der Waals surface area contributed by atoms with Crippen LogP contribution in [0.2, 0.25) is 0 Å². The number of likely N-dealkylation sites (tertiary alicyclic amines) is 1. The highest BCUT2D eigenvalue weighted by Gasteiger charge is 2.25. The zero-order valence-electron chi connectivity index (χ0n) is 12.8. The Morgan fingerprint density at radius 2 is 2.30 bits per heavy atom. The smallest absolute Gasteiger partial charge is 0.124 e. The number of aromatic amines is 1. The molecule has 2 heterocycles. The molecule has 0 radical (unpaired) electrons. The van der Waals surface area contributed by atoms with Gasteiger partial charge in [-0.05, 0) is 56.3 Å². The van der Waals surface area contributed by atoms with Crippen LogP contribution in [0.15, 0.2) is 18.2 Å². The summed E-state index contributed by atoms with van der Waals surface area (Å²) in [5.74, 6) is 1.95. The zero-order chi connectivity index (χ0) is 14.1. The summed E-state index contributed by atoms with van der Waals surface area (Å²) in [5.41, 5.74) is 3.55. The van der Waals surface area contributed by atoms with Crippen LogP contribution in [0.25, 0.3) is 11.0 Å². The molecule has 0 aliphatic carbocycles. The second-order valence-corrected chi connectivity index (χ2v) is 6.31. The Hall–Kier alpha value is -1.35. The lowest BCUT2D eigenvalue weighted by Gasteiger charge is -2.35. The van der Waals surface area contributed by atoms with Crippen molar-refractivity contribution in [3.05, 3.63) is 29.6 Å². The van der Waals surface area contributed by atoms with E-state index in [1.54, 1.807) is 0 Å². The van der Waals surface area contributed by atoms with E-state index in [0.29, 0.717) is 6.04 Å². The zero-order valence-corrected chi connectivity index (χ0v) is 12.8. The fourth-order valence-electron chi connectivity index (χ4n) is 3.43. The summed E-state index contributed by atoms with van der Waals surface area (Å²) < 4.78 is 0. The number of piperidine rings is 1. The van der Waals surface area contributed by atoms with E-state index in [2.05, 4.69) is 48.9 Å². The average molecular weight is 271 g/mol. The monoisotopic (exact) mass is 271 g/mol. The topological polar surface area (TPSA) is 31.9 Å². The quantitative estimate of drug-likeness (QED) is 0.913. The van der Waals surface area contributed by atoms with Crippen LogP contribution in [0.5, 0.6) is 0 Å². The summed E-state index contributed by atoms with van der Waals surface area (Å²) in [6, 6.07) is 6.88. The second-order valence-electron chi connectivity index (χ2n) is 6.31. The largest absolute Gasteiger partial charge is 0.341 e. The van der Waals surface area contributed by atoms with Crippen molar-refractivity contribution >= 4 is 11.0 Å². The molecule has 0 bridgehead atoms. The summed E-state index contributed by atoms with van der Waals surface area (Å²) >= 11 is 0. The molecule has 0 spiro atoms. The number of aromatic nitrogens is 2. The first-order valence-corrected chi connectivity index (χ1v) is 7.87. The van der Waals surface area contributed by atoms with Gasteiger partial charge in [0, 0.05) is 6.54 Å². The molecular formula is C17H25N3. The molecule has 1 N–H and O–H groups in total. The molecule has 108 valence electrons. The molecule has 3 heteroatoms. The van der Waals surface area contributed by atoms with Crippen LogP contribution >= 0.6 is 0 Å². The van der Waals surface area contributed by atoms with Crippen molar-refractivity contribution in [2.45, 2.75) is 46.1 Å². The molecule has 1 aromatic heterocycles. The number of nitrogens with one attached hydrogen (secondary N) is 1.